The minimum absolute atomic E-state index is 0.499. The first-order chi connectivity index (χ1) is 8.08. The zero-order valence-corrected chi connectivity index (χ0v) is 12.0. The molecule has 17 heavy (non-hydrogen) atoms. The number of hydrogen-bond donors (Lipinski definition) is 1. The molecule has 0 aliphatic heterocycles. The zero-order chi connectivity index (χ0) is 12.7. The molecule has 0 aromatic carbocycles. The van der Waals surface area contributed by atoms with E-state index in [2.05, 4.69) is 34.4 Å². The molecule has 0 bridgehead atoms. The summed E-state index contributed by atoms with van der Waals surface area (Å²) in [6.07, 6.45) is 0. The van der Waals surface area contributed by atoms with Gasteiger partial charge >= 0.3 is 0 Å². The summed E-state index contributed by atoms with van der Waals surface area (Å²) < 4.78 is 5.55. The smallest absolute Gasteiger partial charge is 0.107 e. The molecule has 4 nitrogen and oxygen atoms in total. The molecule has 1 heterocycles. The third-order valence-corrected chi connectivity index (χ3v) is 3.09. The Labute approximate surface area is 108 Å². The Morgan fingerprint density at radius 3 is 2.88 bits per heavy atom. The first-order valence-corrected chi connectivity index (χ1v) is 6.85. The summed E-state index contributed by atoms with van der Waals surface area (Å²) in [6, 6.07) is 0.499. The van der Waals surface area contributed by atoms with Gasteiger partial charge in [0.2, 0.25) is 0 Å². The van der Waals surface area contributed by atoms with Gasteiger partial charge in [-0.25, -0.2) is 4.98 Å². The van der Waals surface area contributed by atoms with Gasteiger partial charge in [-0.05, 0) is 14.1 Å². The number of hydrogen-bond acceptors (Lipinski definition) is 5. The van der Waals surface area contributed by atoms with Crippen LogP contribution in [-0.2, 0) is 17.9 Å². The Kier molecular flexibility index (Phi) is 6.65. The molecule has 0 radical (unpaired) electrons. The standard InChI is InChI=1S/C12H23N3OS/c1-10(2)13-7-12-14-11(9-17-12)8-16-6-5-15(3)4/h9-10,13H,5-8H2,1-4H3. The summed E-state index contributed by atoms with van der Waals surface area (Å²) in [5.41, 5.74) is 1.04. The van der Waals surface area contributed by atoms with E-state index in [4.69, 9.17) is 4.74 Å². The summed E-state index contributed by atoms with van der Waals surface area (Å²) in [7, 11) is 4.09. The maximum Gasteiger partial charge on any atom is 0.107 e. The highest BCUT2D eigenvalue weighted by Gasteiger charge is 2.03. The number of aromatic nitrogens is 1. The van der Waals surface area contributed by atoms with Gasteiger partial charge in [-0.3, -0.25) is 0 Å². The van der Waals surface area contributed by atoms with Crippen LogP contribution in [0.4, 0.5) is 0 Å². The largest absolute Gasteiger partial charge is 0.374 e. The van der Waals surface area contributed by atoms with Crippen molar-refractivity contribution in [3.05, 3.63) is 16.1 Å². The van der Waals surface area contributed by atoms with Crippen molar-refractivity contribution in [2.75, 3.05) is 27.2 Å². The molecule has 1 rings (SSSR count). The predicted molar refractivity (Wildman–Crippen MR) is 72.3 cm³/mol. The van der Waals surface area contributed by atoms with Gasteiger partial charge in [0.05, 0.1) is 18.9 Å². The van der Waals surface area contributed by atoms with E-state index < -0.39 is 0 Å². The third kappa shape index (κ3) is 6.73. The molecular weight excluding hydrogens is 234 g/mol. The fourth-order valence-electron chi connectivity index (χ4n) is 1.21. The molecule has 0 aliphatic carbocycles. The van der Waals surface area contributed by atoms with Crippen LogP contribution in [0.3, 0.4) is 0 Å². The molecule has 98 valence electrons. The van der Waals surface area contributed by atoms with Crippen LogP contribution in [0.25, 0.3) is 0 Å². The Morgan fingerprint density at radius 1 is 1.47 bits per heavy atom. The van der Waals surface area contributed by atoms with Gasteiger partial charge in [0.1, 0.15) is 5.01 Å². The van der Waals surface area contributed by atoms with Gasteiger partial charge in [-0.1, -0.05) is 13.8 Å². The van der Waals surface area contributed by atoms with Crippen LogP contribution in [0.15, 0.2) is 5.38 Å². The second-order valence-electron chi connectivity index (χ2n) is 4.62. The molecule has 0 unspecified atom stereocenters. The van der Waals surface area contributed by atoms with Gasteiger partial charge in [-0.2, -0.15) is 0 Å². The van der Waals surface area contributed by atoms with E-state index in [0.717, 1.165) is 30.4 Å². The quantitative estimate of drug-likeness (QED) is 0.720. The van der Waals surface area contributed by atoms with Crippen molar-refractivity contribution in [1.82, 2.24) is 15.2 Å². The highest BCUT2D eigenvalue weighted by atomic mass is 32.1. The maximum atomic E-state index is 5.55. The van der Waals surface area contributed by atoms with E-state index in [1.807, 2.05) is 14.1 Å². The average molecular weight is 257 g/mol. The summed E-state index contributed by atoms with van der Waals surface area (Å²) in [4.78, 5) is 6.63. The lowest BCUT2D eigenvalue weighted by molar-refractivity contribution is 0.103. The lowest BCUT2D eigenvalue weighted by Gasteiger charge is -2.08. The number of rotatable bonds is 8. The van der Waals surface area contributed by atoms with Crippen molar-refractivity contribution >= 4 is 11.3 Å². The number of thiazole rings is 1. The highest BCUT2D eigenvalue weighted by Crippen LogP contribution is 2.10. The molecule has 0 amide bonds. The van der Waals surface area contributed by atoms with Crippen molar-refractivity contribution in [1.29, 1.82) is 0 Å². The molecule has 1 aromatic rings. The molecule has 0 saturated carbocycles. The summed E-state index contributed by atoms with van der Waals surface area (Å²) in [5.74, 6) is 0. The van der Waals surface area contributed by atoms with Crippen molar-refractivity contribution in [3.8, 4) is 0 Å². The monoisotopic (exact) mass is 257 g/mol. The van der Waals surface area contributed by atoms with E-state index in [-0.39, 0.29) is 0 Å². The van der Waals surface area contributed by atoms with Crippen LogP contribution in [0, 0.1) is 0 Å². The fraction of sp³-hybridized carbons (Fsp3) is 0.750. The van der Waals surface area contributed by atoms with Crippen molar-refractivity contribution in [3.63, 3.8) is 0 Å². The Bertz CT molecular complexity index is 312. The van der Waals surface area contributed by atoms with Crippen LogP contribution in [0.1, 0.15) is 24.5 Å². The van der Waals surface area contributed by atoms with E-state index in [9.17, 15) is 0 Å². The molecule has 0 saturated heterocycles. The van der Waals surface area contributed by atoms with Gasteiger partial charge in [0.15, 0.2) is 0 Å². The number of nitrogens with zero attached hydrogens (tertiary/aromatic N) is 2. The normalized spacial score (nSPS) is 11.6. The molecule has 0 atom stereocenters. The zero-order valence-electron chi connectivity index (χ0n) is 11.2. The van der Waals surface area contributed by atoms with Crippen molar-refractivity contribution < 1.29 is 4.74 Å². The van der Waals surface area contributed by atoms with Gasteiger partial charge in [-0.15, -0.1) is 11.3 Å². The van der Waals surface area contributed by atoms with Gasteiger partial charge in [0.25, 0.3) is 0 Å². The topological polar surface area (TPSA) is 37.4 Å². The fourth-order valence-corrected chi connectivity index (χ4v) is 1.94. The first-order valence-electron chi connectivity index (χ1n) is 5.97. The van der Waals surface area contributed by atoms with Crippen LogP contribution < -0.4 is 5.32 Å². The summed E-state index contributed by atoms with van der Waals surface area (Å²) in [6.45, 7) is 7.44. The SMILES string of the molecule is CC(C)NCc1nc(COCCN(C)C)cs1. The van der Waals surface area contributed by atoms with Crippen molar-refractivity contribution in [2.45, 2.75) is 33.0 Å². The van der Waals surface area contributed by atoms with E-state index in [1.54, 1.807) is 11.3 Å². The van der Waals surface area contributed by atoms with Gasteiger partial charge < -0.3 is 15.0 Å². The van der Waals surface area contributed by atoms with Gasteiger partial charge in [0, 0.05) is 24.5 Å². The van der Waals surface area contributed by atoms with Crippen LogP contribution >= 0.6 is 11.3 Å². The molecule has 0 aliphatic rings. The predicted octanol–water partition coefficient (Wildman–Crippen LogP) is 1.72. The third-order valence-electron chi connectivity index (χ3n) is 2.19. The molecule has 5 heteroatoms. The van der Waals surface area contributed by atoms with Crippen LogP contribution in [0.2, 0.25) is 0 Å². The highest BCUT2D eigenvalue weighted by molar-refractivity contribution is 7.09. The molecule has 0 spiro atoms. The lowest BCUT2D eigenvalue weighted by Crippen LogP contribution is -2.21. The minimum atomic E-state index is 0.499. The Balaban J connectivity index is 2.21. The summed E-state index contributed by atoms with van der Waals surface area (Å²) >= 11 is 1.69. The average Bonchev–Trinajstić information content (AvgIpc) is 2.69. The van der Waals surface area contributed by atoms with Crippen LogP contribution in [0.5, 0.6) is 0 Å². The number of likely N-dealkylation sites (N-methyl/N-ethyl adjacent to an activating group) is 1. The Morgan fingerprint density at radius 2 is 2.24 bits per heavy atom. The minimum Gasteiger partial charge on any atom is -0.374 e. The molecular formula is C12H23N3OS. The Hall–Kier alpha value is -0.490. The maximum absolute atomic E-state index is 5.55. The van der Waals surface area contributed by atoms with Crippen molar-refractivity contribution in [2.24, 2.45) is 0 Å². The van der Waals surface area contributed by atoms with Crippen LogP contribution in [-0.4, -0.2) is 43.2 Å². The second kappa shape index (κ2) is 7.76. The van der Waals surface area contributed by atoms with E-state index in [1.165, 1.54) is 0 Å². The van der Waals surface area contributed by atoms with E-state index >= 15 is 0 Å². The second-order valence-corrected chi connectivity index (χ2v) is 5.57. The summed E-state index contributed by atoms with van der Waals surface area (Å²) in [5, 5.41) is 6.56. The number of ether oxygens (including phenoxy) is 1. The molecule has 1 aromatic heterocycles. The molecule has 0 fully saturated rings. The van der Waals surface area contributed by atoms with E-state index in [0.29, 0.717) is 12.6 Å². The molecule has 1 N–H and O–H groups in total. The first kappa shape index (κ1) is 14.6. The number of nitrogens with one attached hydrogen (secondary N) is 1. The lowest BCUT2D eigenvalue weighted by atomic mass is 10.4.